The van der Waals surface area contributed by atoms with Gasteiger partial charge in [0.05, 0.1) is 0 Å². The Balaban J connectivity index is 2.36. The van der Waals surface area contributed by atoms with Crippen molar-refractivity contribution in [2.24, 2.45) is 7.05 Å². The summed E-state index contributed by atoms with van der Waals surface area (Å²) in [5.41, 5.74) is 2.48. The van der Waals surface area contributed by atoms with Gasteiger partial charge < -0.3 is 9.67 Å². The van der Waals surface area contributed by atoms with Gasteiger partial charge in [0.2, 0.25) is 0 Å². The van der Waals surface area contributed by atoms with Crippen molar-refractivity contribution in [3.63, 3.8) is 0 Å². The Morgan fingerprint density at radius 1 is 1.31 bits per heavy atom. The Kier molecular flexibility index (Phi) is 3.15. The highest BCUT2D eigenvalue weighted by molar-refractivity contribution is 7.99. The van der Waals surface area contributed by atoms with Gasteiger partial charge in [-0.05, 0) is 29.5 Å². The number of nitrogens with zero attached hydrogens (tertiary/aromatic N) is 1. The first-order valence-corrected chi connectivity index (χ1v) is 6.51. The maximum Gasteiger partial charge on any atom is 0.116 e. The molecule has 0 radical (unpaired) electrons. The number of hydrogen-bond donors (Lipinski definition) is 1. The molecule has 0 atom stereocenters. The van der Waals surface area contributed by atoms with E-state index in [1.807, 2.05) is 23.9 Å². The number of benzene rings is 1. The molecule has 3 heteroatoms. The lowest BCUT2D eigenvalue weighted by atomic mass is 10.2. The summed E-state index contributed by atoms with van der Waals surface area (Å²) >= 11 is 1.93. The van der Waals surface area contributed by atoms with E-state index in [4.69, 9.17) is 0 Å². The number of aromatic nitrogens is 1. The van der Waals surface area contributed by atoms with E-state index in [1.54, 1.807) is 6.07 Å². The van der Waals surface area contributed by atoms with Gasteiger partial charge in [0, 0.05) is 29.4 Å². The Bertz CT molecular complexity index is 502. The Labute approximate surface area is 100 Å². The van der Waals surface area contributed by atoms with Crippen LogP contribution in [0.25, 0.3) is 10.9 Å². The zero-order valence-electron chi connectivity index (χ0n) is 9.90. The molecule has 16 heavy (non-hydrogen) atoms. The fraction of sp³-hybridized carbons (Fsp3) is 0.385. The second-order valence-corrected chi connectivity index (χ2v) is 5.86. The molecule has 86 valence electrons. The van der Waals surface area contributed by atoms with Gasteiger partial charge in [0.25, 0.3) is 0 Å². The largest absolute Gasteiger partial charge is 0.508 e. The zero-order valence-corrected chi connectivity index (χ0v) is 10.7. The van der Waals surface area contributed by atoms with Crippen LogP contribution in [0.3, 0.4) is 0 Å². The highest BCUT2D eigenvalue weighted by Crippen LogP contribution is 2.26. The minimum absolute atomic E-state index is 0.334. The van der Waals surface area contributed by atoms with E-state index in [-0.39, 0.29) is 0 Å². The van der Waals surface area contributed by atoms with Crippen LogP contribution < -0.4 is 0 Å². The molecule has 0 aliphatic carbocycles. The van der Waals surface area contributed by atoms with Crippen LogP contribution in [-0.4, -0.2) is 14.9 Å². The van der Waals surface area contributed by atoms with Crippen molar-refractivity contribution in [1.29, 1.82) is 0 Å². The second kappa shape index (κ2) is 4.42. The van der Waals surface area contributed by atoms with Crippen molar-refractivity contribution in [3.8, 4) is 5.75 Å². The summed E-state index contributed by atoms with van der Waals surface area (Å²) in [6.07, 6.45) is 0. The highest BCUT2D eigenvalue weighted by atomic mass is 32.2. The molecule has 2 nitrogen and oxygen atoms in total. The highest BCUT2D eigenvalue weighted by Gasteiger charge is 2.07. The average Bonchev–Trinajstić information content (AvgIpc) is 2.52. The van der Waals surface area contributed by atoms with Crippen LogP contribution in [0.4, 0.5) is 0 Å². The second-order valence-electron chi connectivity index (χ2n) is 4.30. The molecular weight excluding hydrogens is 218 g/mol. The number of phenols is 1. The first-order chi connectivity index (χ1) is 7.58. The van der Waals surface area contributed by atoms with E-state index in [0.717, 1.165) is 11.1 Å². The van der Waals surface area contributed by atoms with Crippen molar-refractivity contribution in [2.75, 3.05) is 0 Å². The van der Waals surface area contributed by atoms with E-state index in [2.05, 4.69) is 31.5 Å². The van der Waals surface area contributed by atoms with Gasteiger partial charge in [0.15, 0.2) is 0 Å². The van der Waals surface area contributed by atoms with Gasteiger partial charge in [-0.25, -0.2) is 0 Å². The van der Waals surface area contributed by atoms with Gasteiger partial charge in [-0.3, -0.25) is 0 Å². The van der Waals surface area contributed by atoms with Crippen LogP contribution in [0.5, 0.6) is 5.75 Å². The number of fused-ring (bicyclic) bond motifs is 1. The lowest BCUT2D eigenvalue weighted by molar-refractivity contribution is 0.476. The summed E-state index contributed by atoms with van der Waals surface area (Å²) in [6.45, 7) is 4.41. The van der Waals surface area contributed by atoms with E-state index >= 15 is 0 Å². The first-order valence-electron chi connectivity index (χ1n) is 5.47. The van der Waals surface area contributed by atoms with Crippen molar-refractivity contribution in [3.05, 3.63) is 30.0 Å². The van der Waals surface area contributed by atoms with Crippen molar-refractivity contribution < 1.29 is 5.11 Å². The number of thioether (sulfide) groups is 1. The Morgan fingerprint density at radius 3 is 2.75 bits per heavy atom. The molecule has 0 amide bonds. The predicted octanol–water partition coefficient (Wildman–Crippen LogP) is 3.53. The van der Waals surface area contributed by atoms with Crippen LogP contribution in [0.15, 0.2) is 24.3 Å². The van der Waals surface area contributed by atoms with Crippen LogP contribution in [0, 0.1) is 0 Å². The Hall–Kier alpha value is -1.09. The number of aryl methyl sites for hydroxylation is 1. The zero-order chi connectivity index (χ0) is 11.7. The van der Waals surface area contributed by atoms with E-state index in [0.29, 0.717) is 11.0 Å². The quantitative estimate of drug-likeness (QED) is 0.880. The average molecular weight is 235 g/mol. The maximum atomic E-state index is 9.43. The number of aromatic hydroxyl groups is 1. The lowest BCUT2D eigenvalue weighted by Crippen LogP contribution is -1.96. The van der Waals surface area contributed by atoms with Gasteiger partial charge in [-0.1, -0.05) is 13.8 Å². The molecular formula is C13H17NOS. The molecule has 0 fully saturated rings. The van der Waals surface area contributed by atoms with Crippen molar-refractivity contribution in [2.45, 2.75) is 24.9 Å². The van der Waals surface area contributed by atoms with Crippen molar-refractivity contribution in [1.82, 2.24) is 4.57 Å². The van der Waals surface area contributed by atoms with Crippen LogP contribution >= 0.6 is 11.8 Å². The summed E-state index contributed by atoms with van der Waals surface area (Å²) in [7, 11) is 2.08. The summed E-state index contributed by atoms with van der Waals surface area (Å²) < 4.78 is 2.20. The van der Waals surface area contributed by atoms with E-state index in [9.17, 15) is 5.11 Å². The summed E-state index contributed by atoms with van der Waals surface area (Å²) in [6, 6.07) is 7.68. The summed E-state index contributed by atoms with van der Waals surface area (Å²) in [4.78, 5) is 0. The summed E-state index contributed by atoms with van der Waals surface area (Å²) in [5, 5.41) is 11.2. The molecule has 0 aliphatic heterocycles. The lowest BCUT2D eigenvalue weighted by Gasteiger charge is -2.06. The topological polar surface area (TPSA) is 25.2 Å². The molecule has 0 aliphatic rings. The smallest absolute Gasteiger partial charge is 0.116 e. The molecule has 0 unspecified atom stereocenters. The predicted molar refractivity (Wildman–Crippen MR) is 71.0 cm³/mol. The third-order valence-electron chi connectivity index (χ3n) is 2.69. The molecule has 2 aromatic rings. The van der Waals surface area contributed by atoms with Crippen molar-refractivity contribution >= 4 is 22.7 Å². The van der Waals surface area contributed by atoms with Gasteiger partial charge in [-0.15, -0.1) is 0 Å². The Morgan fingerprint density at radius 2 is 2.06 bits per heavy atom. The minimum atomic E-state index is 0.334. The molecule has 0 bridgehead atoms. The summed E-state index contributed by atoms with van der Waals surface area (Å²) in [5.74, 6) is 1.35. The molecule has 0 spiro atoms. The van der Waals surface area contributed by atoms with Crippen LogP contribution in [0.2, 0.25) is 0 Å². The molecule has 1 N–H and O–H groups in total. The fourth-order valence-electron chi connectivity index (χ4n) is 1.78. The van der Waals surface area contributed by atoms with Gasteiger partial charge in [-0.2, -0.15) is 11.8 Å². The molecule has 0 saturated carbocycles. The normalized spacial score (nSPS) is 11.5. The fourth-order valence-corrected chi connectivity index (χ4v) is 2.57. The SMILES string of the molecule is CC(C)SCc1cc2cc(O)ccc2n1C. The third-order valence-corrected chi connectivity index (χ3v) is 3.82. The number of rotatable bonds is 3. The van der Waals surface area contributed by atoms with Crippen LogP contribution in [-0.2, 0) is 12.8 Å². The first kappa shape index (κ1) is 11.4. The van der Waals surface area contributed by atoms with Gasteiger partial charge in [0.1, 0.15) is 5.75 Å². The molecule has 2 rings (SSSR count). The van der Waals surface area contributed by atoms with E-state index < -0.39 is 0 Å². The van der Waals surface area contributed by atoms with Gasteiger partial charge >= 0.3 is 0 Å². The minimum Gasteiger partial charge on any atom is -0.508 e. The maximum absolute atomic E-state index is 9.43. The standard InChI is InChI=1S/C13H17NOS/c1-9(2)16-8-11-6-10-7-12(15)4-5-13(10)14(11)3/h4-7,9,15H,8H2,1-3H3. The molecule has 0 saturated heterocycles. The number of phenolic OH excluding ortho intramolecular Hbond substituents is 1. The third kappa shape index (κ3) is 2.19. The molecule has 1 aromatic carbocycles. The molecule has 1 heterocycles. The van der Waals surface area contributed by atoms with E-state index in [1.165, 1.54) is 11.2 Å². The molecule has 1 aromatic heterocycles. The number of hydrogen-bond acceptors (Lipinski definition) is 2. The van der Waals surface area contributed by atoms with Crippen LogP contribution in [0.1, 0.15) is 19.5 Å². The monoisotopic (exact) mass is 235 g/mol.